The molecule has 2 N–H and O–H groups in total. The van der Waals surface area contributed by atoms with Gasteiger partial charge in [0.15, 0.2) is 0 Å². The number of hydrogen-bond donors (Lipinski definition) is 1. The molecule has 1 heterocycles. The van der Waals surface area contributed by atoms with Crippen molar-refractivity contribution < 1.29 is 9.59 Å². The number of primary amides is 1. The van der Waals surface area contributed by atoms with E-state index in [0.29, 0.717) is 5.69 Å². The second kappa shape index (κ2) is 9.01. The van der Waals surface area contributed by atoms with Gasteiger partial charge in [-0.2, -0.15) is 0 Å². The molecule has 1 atom stereocenters. The van der Waals surface area contributed by atoms with E-state index in [1.54, 1.807) is 4.90 Å². The molecule has 0 radical (unpaired) electrons. The van der Waals surface area contributed by atoms with Crippen LogP contribution in [0.5, 0.6) is 0 Å². The van der Waals surface area contributed by atoms with Gasteiger partial charge in [0.2, 0.25) is 5.91 Å². The number of rotatable bonds is 7. The lowest BCUT2D eigenvalue weighted by atomic mass is 10.00. The van der Waals surface area contributed by atoms with Crippen molar-refractivity contribution in [2.45, 2.75) is 33.4 Å². The first-order valence-corrected chi connectivity index (χ1v) is 10.4. The van der Waals surface area contributed by atoms with Gasteiger partial charge in [0.05, 0.1) is 9.88 Å². The Bertz CT molecular complexity index is 984. The third kappa shape index (κ3) is 4.71. The number of benzene rings is 2. The summed E-state index contributed by atoms with van der Waals surface area (Å²) in [5.41, 5.74) is 7.94. The van der Waals surface area contributed by atoms with E-state index in [2.05, 4.69) is 4.98 Å². The summed E-state index contributed by atoms with van der Waals surface area (Å²) in [6.07, 6.45) is 0. The van der Waals surface area contributed by atoms with Crippen LogP contribution in [-0.4, -0.2) is 27.7 Å². The van der Waals surface area contributed by atoms with Gasteiger partial charge in [0.1, 0.15) is 11.7 Å². The van der Waals surface area contributed by atoms with Crippen molar-refractivity contribution in [2.75, 3.05) is 0 Å². The van der Waals surface area contributed by atoms with Crippen molar-refractivity contribution in [2.24, 2.45) is 11.7 Å². The fourth-order valence-electron chi connectivity index (χ4n) is 3.41. The second-order valence-corrected chi connectivity index (χ2v) is 8.49. The van der Waals surface area contributed by atoms with Crippen LogP contribution in [0.3, 0.4) is 0 Å². The van der Waals surface area contributed by atoms with Crippen molar-refractivity contribution in [3.63, 3.8) is 0 Å². The largest absolute Gasteiger partial charge is 0.368 e. The Labute approximate surface area is 175 Å². The average Bonchev–Trinajstić information content (AvgIpc) is 3.09. The maximum absolute atomic E-state index is 13.7. The number of aryl methyl sites for hydroxylation is 1. The summed E-state index contributed by atoms with van der Waals surface area (Å²) >= 11 is 1.47. The highest BCUT2D eigenvalue weighted by Crippen LogP contribution is 2.32. The molecule has 0 bridgehead atoms. The molecular weight excluding hydrogens is 382 g/mol. The predicted molar refractivity (Wildman–Crippen MR) is 116 cm³/mol. The number of nitrogens with two attached hydrogens (primary N) is 1. The van der Waals surface area contributed by atoms with Crippen molar-refractivity contribution in [1.29, 1.82) is 0 Å². The highest BCUT2D eigenvalue weighted by atomic mass is 32.1. The van der Waals surface area contributed by atoms with Crippen LogP contribution in [0.15, 0.2) is 60.7 Å². The number of carbonyl (C=O) groups excluding carboxylic acids is 2. The van der Waals surface area contributed by atoms with E-state index in [0.717, 1.165) is 21.0 Å². The van der Waals surface area contributed by atoms with Crippen LogP contribution in [0.1, 0.15) is 34.9 Å². The molecule has 150 valence electrons. The molecule has 0 aliphatic rings. The summed E-state index contributed by atoms with van der Waals surface area (Å²) in [5, 5.41) is 0.798. The van der Waals surface area contributed by atoms with E-state index in [-0.39, 0.29) is 18.4 Å². The molecule has 0 saturated carbocycles. The van der Waals surface area contributed by atoms with E-state index in [1.165, 1.54) is 11.3 Å². The Balaban J connectivity index is 2.06. The van der Waals surface area contributed by atoms with Crippen LogP contribution >= 0.6 is 11.3 Å². The second-order valence-electron chi connectivity index (χ2n) is 7.29. The first-order valence-electron chi connectivity index (χ1n) is 9.55. The molecule has 6 heteroatoms. The van der Waals surface area contributed by atoms with Crippen molar-refractivity contribution in [1.82, 2.24) is 9.88 Å². The topological polar surface area (TPSA) is 76.3 Å². The Morgan fingerprint density at radius 2 is 1.62 bits per heavy atom. The van der Waals surface area contributed by atoms with Gasteiger partial charge < -0.3 is 10.6 Å². The zero-order chi connectivity index (χ0) is 21.0. The van der Waals surface area contributed by atoms with E-state index in [4.69, 9.17) is 5.73 Å². The lowest BCUT2D eigenvalue weighted by Gasteiger charge is -2.32. The van der Waals surface area contributed by atoms with E-state index >= 15 is 0 Å². The first kappa shape index (κ1) is 20.7. The van der Waals surface area contributed by atoms with Crippen molar-refractivity contribution >= 4 is 23.2 Å². The lowest BCUT2D eigenvalue weighted by Crippen LogP contribution is -2.50. The predicted octanol–water partition coefficient (Wildman–Crippen LogP) is 4.27. The van der Waals surface area contributed by atoms with Gasteiger partial charge in [-0.3, -0.25) is 9.59 Å². The Morgan fingerprint density at radius 3 is 2.17 bits per heavy atom. The fraction of sp³-hybridized carbons (Fsp3) is 0.261. The minimum absolute atomic E-state index is 0.125. The normalized spacial score (nSPS) is 12.0. The standard InChI is InChI=1S/C23H25N3O2S/c1-15(2)20(22(24)27)26(14-17-10-6-4-7-11-17)23(28)19-21(29-16(3)25-19)18-12-8-5-9-13-18/h4-13,15,20H,14H2,1-3H3,(H2,24,27)/t20-/m0/s1. The summed E-state index contributed by atoms with van der Waals surface area (Å²) in [7, 11) is 0. The Morgan fingerprint density at radius 1 is 1.03 bits per heavy atom. The Kier molecular flexibility index (Phi) is 6.44. The van der Waals surface area contributed by atoms with Gasteiger partial charge in [-0.1, -0.05) is 74.5 Å². The summed E-state index contributed by atoms with van der Waals surface area (Å²) < 4.78 is 0. The molecule has 0 unspecified atom stereocenters. The molecule has 0 aliphatic heterocycles. The number of hydrogen-bond acceptors (Lipinski definition) is 4. The molecule has 0 aliphatic carbocycles. The minimum Gasteiger partial charge on any atom is -0.368 e. The van der Waals surface area contributed by atoms with Gasteiger partial charge >= 0.3 is 0 Å². The molecular formula is C23H25N3O2S. The van der Waals surface area contributed by atoms with E-state index in [1.807, 2.05) is 81.4 Å². The number of amides is 2. The first-order chi connectivity index (χ1) is 13.9. The van der Waals surface area contributed by atoms with Crippen molar-refractivity contribution in [3.8, 4) is 10.4 Å². The SMILES string of the molecule is Cc1nc(C(=O)N(Cc2ccccc2)[C@H](C(N)=O)C(C)C)c(-c2ccccc2)s1. The van der Waals surface area contributed by atoms with Gasteiger partial charge in [0, 0.05) is 6.54 Å². The van der Waals surface area contributed by atoms with Crippen LogP contribution in [0.4, 0.5) is 0 Å². The van der Waals surface area contributed by atoms with E-state index < -0.39 is 11.9 Å². The third-order valence-corrected chi connectivity index (χ3v) is 5.71. The molecule has 0 saturated heterocycles. The number of carbonyl (C=O) groups is 2. The molecule has 2 amide bonds. The maximum Gasteiger partial charge on any atom is 0.274 e. The summed E-state index contributed by atoms with van der Waals surface area (Å²) in [6, 6.07) is 18.6. The third-order valence-electron chi connectivity index (χ3n) is 4.69. The van der Waals surface area contributed by atoms with Gasteiger partial charge in [-0.25, -0.2) is 4.98 Å². The molecule has 3 rings (SSSR count). The maximum atomic E-state index is 13.7. The summed E-state index contributed by atoms with van der Waals surface area (Å²) in [5.74, 6) is -0.924. The average molecular weight is 408 g/mol. The minimum atomic E-state index is -0.728. The molecule has 2 aromatic carbocycles. The Hall–Kier alpha value is -2.99. The van der Waals surface area contributed by atoms with Gasteiger partial charge in [0.25, 0.3) is 5.91 Å². The number of aromatic nitrogens is 1. The van der Waals surface area contributed by atoms with Crippen LogP contribution in [0, 0.1) is 12.8 Å². The fourth-order valence-corrected chi connectivity index (χ4v) is 4.33. The van der Waals surface area contributed by atoms with E-state index in [9.17, 15) is 9.59 Å². The number of thiazole rings is 1. The lowest BCUT2D eigenvalue weighted by molar-refractivity contribution is -0.124. The zero-order valence-electron chi connectivity index (χ0n) is 16.8. The van der Waals surface area contributed by atoms with Crippen LogP contribution in [0.25, 0.3) is 10.4 Å². The molecule has 5 nitrogen and oxygen atoms in total. The highest BCUT2D eigenvalue weighted by Gasteiger charge is 2.34. The molecule has 3 aromatic rings. The zero-order valence-corrected chi connectivity index (χ0v) is 17.6. The molecule has 0 fully saturated rings. The van der Waals surface area contributed by atoms with Crippen molar-refractivity contribution in [3.05, 3.63) is 76.9 Å². The highest BCUT2D eigenvalue weighted by molar-refractivity contribution is 7.15. The monoisotopic (exact) mass is 407 g/mol. The molecule has 1 aromatic heterocycles. The number of nitrogens with zero attached hydrogens (tertiary/aromatic N) is 2. The molecule has 29 heavy (non-hydrogen) atoms. The van der Waals surface area contributed by atoms with Crippen LogP contribution in [0.2, 0.25) is 0 Å². The van der Waals surface area contributed by atoms with Crippen LogP contribution < -0.4 is 5.73 Å². The van der Waals surface area contributed by atoms with Gasteiger partial charge in [-0.15, -0.1) is 11.3 Å². The summed E-state index contributed by atoms with van der Waals surface area (Å²) in [6.45, 7) is 5.95. The molecule has 0 spiro atoms. The van der Waals surface area contributed by atoms with Gasteiger partial charge in [-0.05, 0) is 24.0 Å². The quantitative estimate of drug-likeness (QED) is 0.635. The smallest absolute Gasteiger partial charge is 0.274 e. The summed E-state index contributed by atoms with van der Waals surface area (Å²) in [4.78, 5) is 32.8. The van der Waals surface area contributed by atoms with Crippen LogP contribution in [-0.2, 0) is 11.3 Å².